The van der Waals surface area contributed by atoms with Crippen LogP contribution in [0.25, 0.3) is 20.8 Å². The van der Waals surface area contributed by atoms with Crippen molar-refractivity contribution in [3.05, 3.63) is 83.9 Å². The number of carbonyl (C=O) groups is 3. The van der Waals surface area contributed by atoms with E-state index in [1.807, 2.05) is 74.5 Å². The second-order valence-corrected chi connectivity index (χ2v) is 13.4. The molecule has 1 heterocycles. The van der Waals surface area contributed by atoms with Crippen molar-refractivity contribution in [2.75, 3.05) is 31.7 Å². The molecule has 3 atom stereocenters. The van der Waals surface area contributed by atoms with Crippen LogP contribution in [-0.2, 0) is 30.3 Å². The average molecular weight is 675 g/mol. The van der Waals surface area contributed by atoms with Gasteiger partial charge < -0.3 is 30.9 Å². The highest BCUT2D eigenvalue weighted by atomic mass is 32.1. The molecule has 0 bridgehead atoms. The smallest absolute Gasteiger partial charge is 0.251 e. The number of ketones is 1. The number of hydrogen-bond donors (Lipinski definition) is 4. The molecule has 1 aromatic heterocycles. The first-order valence-corrected chi connectivity index (χ1v) is 17.1. The lowest BCUT2D eigenvalue weighted by molar-refractivity contribution is -0.134. The van der Waals surface area contributed by atoms with Crippen LogP contribution < -0.4 is 16.4 Å². The third-order valence-corrected chi connectivity index (χ3v) is 8.74. The fourth-order valence-electron chi connectivity index (χ4n) is 5.15. The van der Waals surface area contributed by atoms with E-state index < -0.39 is 24.1 Å². The van der Waals surface area contributed by atoms with E-state index in [-0.39, 0.29) is 43.8 Å². The van der Waals surface area contributed by atoms with Crippen LogP contribution in [0.4, 0.5) is 5.69 Å². The van der Waals surface area contributed by atoms with Crippen molar-refractivity contribution in [2.45, 2.75) is 64.6 Å². The highest BCUT2D eigenvalue weighted by Gasteiger charge is 2.28. The molecule has 0 spiro atoms. The number of benzene rings is 3. The van der Waals surface area contributed by atoms with Crippen molar-refractivity contribution in [1.82, 2.24) is 10.3 Å². The molecule has 4 rings (SSSR count). The van der Waals surface area contributed by atoms with Crippen molar-refractivity contribution in [1.29, 1.82) is 0 Å². The number of nitrogens with one attached hydrogen (secondary N) is 2. The Morgan fingerprint density at radius 1 is 0.958 bits per heavy atom. The maximum atomic E-state index is 12.9. The summed E-state index contributed by atoms with van der Waals surface area (Å²) in [6, 6.07) is 21.6. The van der Waals surface area contributed by atoms with Gasteiger partial charge in [0.25, 0.3) is 5.91 Å². The van der Waals surface area contributed by atoms with E-state index in [0.29, 0.717) is 31.6 Å². The molecular weight excluding hydrogens is 628 g/mol. The number of amides is 2. The van der Waals surface area contributed by atoms with Gasteiger partial charge in [-0.15, -0.1) is 11.3 Å². The normalized spacial score (nSPS) is 13.3. The first-order chi connectivity index (χ1) is 23.1. The van der Waals surface area contributed by atoms with Crippen molar-refractivity contribution < 1.29 is 29.0 Å². The lowest BCUT2D eigenvalue weighted by atomic mass is 9.96. The van der Waals surface area contributed by atoms with Gasteiger partial charge in [0.05, 0.1) is 29.5 Å². The number of fused-ring (bicyclic) bond motifs is 1. The second kappa shape index (κ2) is 18.5. The van der Waals surface area contributed by atoms with E-state index in [1.165, 1.54) is 5.56 Å². The second-order valence-electron chi connectivity index (χ2n) is 12.3. The third kappa shape index (κ3) is 11.6. The molecular formula is C37H46N4O6S. The van der Waals surface area contributed by atoms with E-state index in [4.69, 9.17) is 20.2 Å². The molecule has 2 amide bonds. The topological polar surface area (TPSA) is 153 Å². The van der Waals surface area contributed by atoms with E-state index in [1.54, 1.807) is 11.3 Å². The lowest BCUT2D eigenvalue weighted by Crippen LogP contribution is -2.52. The molecule has 0 radical (unpaired) electrons. The average Bonchev–Trinajstić information content (AvgIpc) is 3.49. The molecule has 4 aromatic rings. The minimum absolute atomic E-state index is 0.113. The van der Waals surface area contributed by atoms with Gasteiger partial charge in [-0.05, 0) is 79.6 Å². The first-order valence-electron chi connectivity index (χ1n) is 16.3. The zero-order chi connectivity index (χ0) is 34.5. The number of carbonyl (C=O) groups excluding carboxylic acids is 3. The predicted octanol–water partition coefficient (Wildman–Crippen LogP) is 5.05. The van der Waals surface area contributed by atoms with Crippen LogP contribution >= 0.6 is 11.3 Å². The lowest BCUT2D eigenvalue weighted by Gasteiger charge is -2.24. The van der Waals surface area contributed by atoms with Gasteiger partial charge >= 0.3 is 0 Å². The first kappa shape index (κ1) is 36.8. The van der Waals surface area contributed by atoms with Crippen LogP contribution in [0.3, 0.4) is 0 Å². The number of aryl methyl sites for hydroxylation is 1. The predicted molar refractivity (Wildman–Crippen MR) is 190 cm³/mol. The minimum atomic E-state index is -1.43. The quantitative estimate of drug-likeness (QED) is 0.101. The molecule has 0 aliphatic rings. The van der Waals surface area contributed by atoms with Crippen molar-refractivity contribution in [3.63, 3.8) is 0 Å². The molecule has 0 fully saturated rings. The highest BCUT2D eigenvalue weighted by Crippen LogP contribution is 2.31. The summed E-state index contributed by atoms with van der Waals surface area (Å²) in [4.78, 5) is 42.7. The Bertz CT molecular complexity index is 1630. The number of nitrogens with zero attached hydrogens (tertiary/aromatic N) is 1. The molecule has 0 aliphatic heterocycles. The number of aliphatic hydroxyl groups excluding tert-OH is 1. The van der Waals surface area contributed by atoms with Crippen LogP contribution in [0.15, 0.2) is 72.8 Å². The monoisotopic (exact) mass is 674 g/mol. The van der Waals surface area contributed by atoms with Crippen LogP contribution in [-0.4, -0.2) is 72.3 Å². The summed E-state index contributed by atoms with van der Waals surface area (Å²) in [7, 11) is 0. The SMILES string of the molecule is Cc1ccc2nc(-c3ccc(NC(=O)COCCOCCCC(=O)[C@H](CC(C)C)NC(=O)[C@@H](O)[C@H](N)Cc4ccccc4)cc3)sc2c1. The summed E-state index contributed by atoms with van der Waals surface area (Å²) in [5.74, 6) is -0.881. The maximum Gasteiger partial charge on any atom is 0.251 e. The van der Waals surface area contributed by atoms with Gasteiger partial charge in [-0.1, -0.05) is 50.2 Å². The van der Waals surface area contributed by atoms with Gasteiger partial charge in [0.15, 0.2) is 5.78 Å². The summed E-state index contributed by atoms with van der Waals surface area (Å²) in [6.45, 7) is 6.71. The molecule has 3 aromatic carbocycles. The highest BCUT2D eigenvalue weighted by molar-refractivity contribution is 7.21. The number of ether oxygens (including phenoxy) is 2. The summed E-state index contributed by atoms with van der Waals surface area (Å²) in [6.07, 6.45) is 0.0362. The number of hydrogen-bond acceptors (Lipinski definition) is 9. The van der Waals surface area contributed by atoms with E-state index in [0.717, 1.165) is 26.4 Å². The van der Waals surface area contributed by atoms with Crippen molar-refractivity contribution >= 4 is 44.8 Å². The van der Waals surface area contributed by atoms with Gasteiger partial charge in [0.2, 0.25) is 5.91 Å². The standard InChI is InChI=1S/C37H46N4O6S/c1-24(2)20-31(40-36(45)35(44)29(38)22-26-8-5-4-6-9-26)32(42)10-7-17-46-18-19-47-23-34(43)39-28-14-12-27(13-15-28)37-41-30-16-11-25(3)21-33(30)48-37/h4-6,8-9,11-16,21,24,29,31,35,44H,7,10,17-20,22-23,38H2,1-3H3,(H,39,43)(H,40,45)/t29-,31+,35+/m1/s1. The number of aliphatic hydroxyl groups is 1. The van der Waals surface area contributed by atoms with Gasteiger partial charge in [-0.3, -0.25) is 14.4 Å². The van der Waals surface area contributed by atoms with Crippen LogP contribution in [0, 0.1) is 12.8 Å². The van der Waals surface area contributed by atoms with Crippen molar-refractivity contribution in [3.8, 4) is 10.6 Å². The molecule has 0 aliphatic carbocycles. The Morgan fingerprint density at radius 3 is 2.42 bits per heavy atom. The number of aromatic nitrogens is 1. The summed E-state index contributed by atoms with van der Waals surface area (Å²) in [5.41, 5.74) is 10.8. The summed E-state index contributed by atoms with van der Waals surface area (Å²) < 4.78 is 12.2. The van der Waals surface area contributed by atoms with Gasteiger partial charge in [0.1, 0.15) is 17.7 Å². The Kier molecular flexibility index (Phi) is 14.2. The summed E-state index contributed by atoms with van der Waals surface area (Å²) >= 11 is 1.64. The maximum absolute atomic E-state index is 12.9. The zero-order valence-electron chi connectivity index (χ0n) is 27.8. The van der Waals surface area contributed by atoms with Crippen LogP contribution in [0.5, 0.6) is 0 Å². The number of thiazole rings is 1. The van der Waals surface area contributed by atoms with Gasteiger partial charge in [-0.25, -0.2) is 4.98 Å². The van der Waals surface area contributed by atoms with E-state index in [2.05, 4.69) is 29.7 Å². The zero-order valence-corrected chi connectivity index (χ0v) is 28.6. The van der Waals surface area contributed by atoms with E-state index >= 15 is 0 Å². The number of nitrogens with two attached hydrogens (primary N) is 1. The van der Waals surface area contributed by atoms with Crippen LogP contribution in [0.1, 0.15) is 44.2 Å². The fraction of sp³-hybridized carbons (Fsp3) is 0.405. The fourth-order valence-corrected chi connectivity index (χ4v) is 6.22. The Hall–Kier alpha value is -4.00. The van der Waals surface area contributed by atoms with E-state index in [9.17, 15) is 19.5 Å². The molecule has 256 valence electrons. The van der Waals surface area contributed by atoms with Crippen molar-refractivity contribution in [2.24, 2.45) is 11.7 Å². The molecule has 0 saturated carbocycles. The molecule has 11 heteroatoms. The third-order valence-electron chi connectivity index (χ3n) is 7.68. The van der Waals surface area contributed by atoms with Crippen LogP contribution in [0.2, 0.25) is 0 Å². The summed E-state index contributed by atoms with van der Waals surface area (Å²) in [5, 5.41) is 17.0. The Morgan fingerprint density at radius 2 is 1.69 bits per heavy atom. The molecule has 0 unspecified atom stereocenters. The molecule has 48 heavy (non-hydrogen) atoms. The largest absolute Gasteiger partial charge is 0.382 e. The minimum Gasteiger partial charge on any atom is -0.382 e. The number of Topliss-reactive ketones (excluding diaryl/α,β-unsaturated/α-hetero) is 1. The van der Waals surface area contributed by atoms with Gasteiger partial charge in [-0.2, -0.15) is 0 Å². The Balaban J connectivity index is 1.09. The van der Waals surface area contributed by atoms with Gasteiger partial charge in [0, 0.05) is 30.3 Å². The number of anilines is 1. The molecule has 5 N–H and O–H groups in total. The Labute approximate surface area is 286 Å². The number of rotatable bonds is 19. The molecule has 0 saturated heterocycles. The molecule has 10 nitrogen and oxygen atoms in total.